The van der Waals surface area contributed by atoms with E-state index in [4.69, 9.17) is 22.7 Å². The Labute approximate surface area is 180 Å². The highest BCUT2D eigenvalue weighted by Crippen LogP contribution is 2.37. The molecule has 1 aromatic heterocycles. The quantitative estimate of drug-likeness (QED) is 0.418. The third kappa shape index (κ3) is 4.53. The summed E-state index contributed by atoms with van der Waals surface area (Å²) in [4.78, 5) is 20.5. The van der Waals surface area contributed by atoms with Crippen LogP contribution in [0.3, 0.4) is 0 Å². The molecule has 3 rings (SSSR count). The number of allylic oxidation sites excluding steroid dienone is 1. The Hall–Kier alpha value is -3.79. The number of rotatable bonds is 4. The van der Waals surface area contributed by atoms with Crippen LogP contribution in [0.2, 0.25) is 5.02 Å². The van der Waals surface area contributed by atoms with Crippen LogP contribution < -0.4 is 16.2 Å². The molecule has 5 N–H and O–H groups in total. The van der Waals surface area contributed by atoms with E-state index in [1.54, 1.807) is 19.9 Å². The summed E-state index contributed by atoms with van der Waals surface area (Å²) in [6.45, 7) is 3.51. The van der Waals surface area contributed by atoms with Crippen molar-refractivity contribution in [2.24, 2.45) is 10.7 Å². The number of halogens is 3. The molecule has 1 aromatic carbocycles. The van der Waals surface area contributed by atoms with Gasteiger partial charge in [0.1, 0.15) is 17.3 Å². The Bertz CT molecular complexity index is 1190. The van der Waals surface area contributed by atoms with Crippen LogP contribution in [0.15, 0.2) is 47.1 Å². The topological polar surface area (TPSA) is 128 Å². The minimum atomic E-state index is -1.28. The number of aryl methyl sites for hydroxylation is 2. The molecular formula is C20H17ClF2N6O2. The number of pyridine rings is 1. The molecule has 31 heavy (non-hydrogen) atoms. The van der Waals surface area contributed by atoms with Crippen LogP contribution in [0, 0.1) is 25.1 Å². The van der Waals surface area contributed by atoms with Gasteiger partial charge in [0.25, 0.3) is 0 Å². The van der Waals surface area contributed by atoms with Gasteiger partial charge in [-0.1, -0.05) is 11.6 Å². The van der Waals surface area contributed by atoms with Gasteiger partial charge in [-0.05, 0) is 55.8 Å². The third-order valence-corrected chi connectivity index (χ3v) is 4.60. The van der Waals surface area contributed by atoms with Crippen LogP contribution in [-0.2, 0) is 4.79 Å². The van der Waals surface area contributed by atoms with Crippen molar-refractivity contribution >= 4 is 46.4 Å². The number of aliphatic imine (C=N–C) groups is 1. The van der Waals surface area contributed by atoms with Crippen LogP contribution in [0.25, 0.3) is 5.76 Å². The number of benzene rings is 1. The summed E-state index contributed by atoms with van der Waals surface area (Å²) >= 11 is 5.84. The Morgan fingerprint density at radius 3 is 2.68 bits per heavy atom. The zero-order valence-corrected chi connectivity index (χ0v) is 17.1. The van der Waals surface area contributed by atoms with Crippen molar-refractivity contribution < 1.29 is 18.7 Å². The molecule has 11 heteroatoms. The number of hydrogen-bond acceptors (Lipinski definition) is 6. The average Bonchev–Trinajstić information content (AvgIpc) is 2.69. The molecule has 0 spiro atoms. The van der Waals surface area contributed by atoms with Gasteiger partial charge in [0.15, 0.2) is 11.5 Å². The molecule has 2 heterocycles. The van der Waals surface area contributed by atoms with E-state index in [0.29, 0.717) is 17.5 Å². The van der Waals surface area contributed by atoms with E-state index in [1.807, 2.05) is 0 Å². The molecule has 0 aliphatic carbocycles. The lowest BCUT2D eigenvalue weighted by Crippen LogP contribution is -2.41. The number of aromatic nitrogens is 1. The predicted molar refractivity (Wildman–Crippen MR) is 115 cm³/mol. The lowest BCUT2D eigenvalue weighted by molar-refractivity contribution is -0.114. The van der Waals surface area contributed by atoms with Gasteiger partial charge in [0.05, 0.1) is 11.4 Å². The summed E-state index contributed by atoms with van der Waals surface area (Å²) in [6.07, 6.45) is 1.62. The molecule has 8 nitrogen and oxygen atoms in total. The molecular weight excluding hydrogens is 430 g/mol. The van der Waals surface area contributed by atoms with Gasteiger partial charge in [-0.25, -0.2) is 9.37 Å². The number of amidine groups is 1. The lowest BCUT2D eigenvalue weighted by Gasteiger charge is -2.33. The highest BCUT2D eigenvalue weighted by atomic mass is 35.5. The first kappa shape index (κ1) is 21.9. The SMILES string of the molecule is Cc1cc2c(nc1C)C(O)=C(C(=O)N=C(N)/C=C\C(=N)F)NN2c1ccc(Cl)cc1F. The summed E-state index contributed by atoms with van der Waals surface area (Å²) in [5, 5.41) is 18.8. The summed E-state index contributed by atoms with van der Waals surface area (Å²) in [5.41, 5.74) is 9.44. The molecule has 0 unspecified atom stereocenters. The Balaban J connectivity index is 2.14. The Kier molecular flexibility index (Phi) is 6.02. The first-order chi connectivity index (χ1) is 14.6. The molecule has 160 valence electrons. The molecule has 1 aliphatic rings. The fourth-order valence-corrected chi connectivity index (χ4v) is 2.91. The molecule has 0 atom stereocenters. The van der Waals surface area contributed by atoms with Crippen LogP contribution in [-0.4, -0.2) is 27.8 Å². The smallest absolute Gasteiger partial charge is 0.300 e. The van der Waals surface area contributed by atoms with Crippen molar-refractivity contribution in [2.75, 3.05) is 5.01 Å². The van der Waals surface area contributed by atoms with E-state index >= 15 is 0 Å². The number of carbonyl (C=O) groups is 1. The van der Waals surface area contributed by atoms with Gasteiger partial charge in [-0.2, -0.15) is 9.38 Å². The number of nitrogens with two attached hydrogens (primary N) is 1. The largest absolute Gasteiger partial charge is 0.504 e. The van der Waals surface area contributed by atoms with Crippen molar-refractivity contribution in [3.63, 3.8) is 0 Å². The zero-order valence-electron chi connectivity index (χ0n) is 16.4. The Morgan fingerprint density at radius 2 is 2.03 bits per heavy atom. The lowest BCUT2D eigenvalue weighted by atomic mass is 10.1. The highest BCUT2D eigenvalue weighted by molar-refractivity contribution is 6.30. The maximum atomic E-state index is 14.7. The van der Waals surface area contributed by atoms with Crippen molar-refractivity contribution in [3.05, 3.63) is 69.9 Å². The number of fused-ring (bicyclic) bond motifs is 1. The minimum Gasteiger partial charge on any atom is -0.504 e. The van der Waals surface area contributed by atoms with Crippen LogP contribution in [0.1, 0.15) is 17.0 Å². The molecule has 1 amide bonds. The summed E-state index contributed by atoms with van der Waals surface area (Å²) < 4.78 is 27.2. The van der Waals surface area contributed by atoms with Crippen molar-refractivity contribution in [1.29, 1.82) is 5.41 Å². The normalized spacial score (nSPS) is 14.0. The second-order valence-corrected chi connectivity index (χ2v) is 6.98. The van der Waals surface area contributed by atoms with Gasteiger partial charge in [0.2, 0.25) is 5.97 Å². The summed E-state index contributed by atoms with van der Waals surface area (Å²) in [7, 11) is 0. The number of anilines is 2. The van der Waals surface area contributed by atoms with Gasteiger partial charge in [-0.15, -0.1) is 0 Å². The Morgan fingerprint density at radius 1 is 1.32 bits per heavy atom. The average molecular weight is 447 g/mol. The molecule has 0 saturated carbocycles. The van der Waals surface area contributed by atoms with E-state index in [2.05, 4.69) is 15.4 Å². The number of nitrogens with one attached hydrogen (secondary N) is 2. The molecule has 0 fully saturated rings. The molecule has 2 aromatic rings. The van der Waals surface area contributed by atoms with Crippen molar-refractivity contribution in [2.45, 2.75) is 13.8 Å². The van der Waals surface area contributed by atoms with Crippen LogP contribution in [0.4, 0.5) is 20.2 Å². The van der Waals surface area contributed by atoms with Crippen molar-refractivity contribution in [3.8, 4) is 0 Å². The van der Waals surface area contributed by atoms with E-state index in [-0.39, 0.29) is 16.4 Å². The monoisotopic (exact) mass is 446 g/mol. The number of nitrogens with zero attached hydrogens (tertiary/aromatic N) is 3. The van der Waals surface area contributed by atoms with Crippen LogP contribution >= 0.6 is 11.6 Å². The molecule has 1 aliphatic heterocycles. The van der Waals surface area contributed by atoms with E-state index < -0.39 is 35.0 Å². The minimum absolute atomic E-state index is 0.0104. The first-order valence-electron chi connectivity index (χ1n) is 8.82. The molecule has 0 saturated heterocycles. The standard InChI is InChI=1S/C20H17ClF2N6O2/c1-9-7-14-17(26-10(9)2)19(30)18(20(31)27-16(25)6-5-15(23)24)28-29(14)13-4-3-11(21)8-12(13)22/h3-8,24,28,30H,1-2H3,(H2,25,27,31)/b6-5-,24-15?. The number of hydrazine groups is 1. The fourth-order valence-electron chi connectivity index (χ4n) is 2.75. The summed E-state index contributed by atoms with van der Waals surface area (Å²) in [5.74, 6) is -3.92. The zero-order chi connectivity index (χ0) is 22.9. The molecule has 0 bridgehead atoms. The summed E-state index contributed by atoms with van der Waals surface area (Å²) in [6, 6.07) is 5.62. The second kappa shape index (κ2) is 8.52. The predicted octanol–water partition coefficient (Wildman–Crippen LogP) is 3.76. The number of aliphatic hydroxyl groups excluding tert-OH is 1. The van der Waals surface area contributed by atoms with Gasteiger partial charge < -0.3 is 10.8 Å². The number of carbonyl (C=O) groups excluding carboxylic acids is 1. The second-order valence-electron chi connectivity index (χ2n) is 6.55. The number of hydrogen-bond donors (Lipinski definition) is 4. The third-order valence-electron chi connectivity index (χ3n) is 4.37. The van der Waals surface area contributed by atoms with Crippen LogP contribution in [0.5, 0.6) is 0 Å². The maximum absolute atomic E-state index is 14.7. The van der Waals surface area contributed by atoms with E-state index in [1.165, 1.54) is 17.1 Å². The number of amides is 1. The first-order valence-corrected chi connectivity index (χ1v) is 9.20. The fraction of sp³-hybridized carbons (Fsp3) is 0.100. The maximum Gasteiger partial charge on any atom is 0.300 e. The van der Waals surface area contributed by atoms with Crippen molar-refractivity contribution in [1.82, 2.24) is 10.4 Å². The van der Waals surface area contributed by atoms with E-state index in [9.17, 15) is 18.7 Å². The van der Waals surface area contributed by atoms with Gasteiger partial charge in [0, 0.05) is 10.7 Å². The van der Waals surface area contributed by atoms with Gasteiger partial charge in [-0.3, -0.25) is 20.6 Å². The molecule has 0 radical (unpaired) electrons. The van der Waals surface area contributed by atoms with E-state index in [0.717, 1.165) is 17.7 Å². The van der Waals surface area contributed by atoms with Gasteiger partial charge >= 0.3 is 5.91 Å². The highest BCUT2D eigenvalue weighted by Gasteiger charge is 2.32. The number of aliphatic hydroxyl groups is 1.